The van der Waals surface area contributed by atoms with Gasteiger partial charge in [0.15, 0.2) is 0 Å². The smallest absolute Gasteiger partial charge is 0.225 e. The molecule has 1 N–H and O–H groups in total. The fourth-order valence-electron chi connectivity index (χ4n) is 3.54. The van der Waals surface area contributed by atoms with Crippen molar-refractivity contribution in [2.75, 3.05) is 46.3 Å². The van der Waals surface area contributed by atoms with Crippen molar-refractivity contribution in [3.05, 3.63) is 0 Å². The van der Waals surface area contributed by atoms with Crippen molar-refractivity contribution in [2.24, 2.45) is 10.8 Å². The predicted molar refractivity (Wildman–Crippen MR) is 84.8 cm³/mol. The first-order valence-corrected chi connectivity index (χ1v) is 7.87. The number of hydrogen-bond donors (Lipinski definition) is 1. The molecule has 0 aliphatic carbocycles. The molecule has 1 rings (SSSR count). The van der Waals surface area contributed by atoms with E-state index in [1.807, 2.05) is 13.8 Å². The van der Waals surface area contributed by atoms with Crippen molar-refractivity contribution in [3.8, 4) is 0 Å². The number of nitrogens with one attached hydrogen (secondary N) is 1. The molecule has 1 fully saturated rings. The third-order valence-electron chi connectivity index (χ3n) is 4.33. The molecule has 0 radical (unpaired) electrons. The highest BCUT2D eigenvalue weighted by Gasteiger charge is 2.35. The maximum absolute atomic E-state index is 12.0. The van der Waals surface area contributed by atoms with Gasteiger partial charge in [-0.2, -0.15) is 0 Å². The second kappa shape index (κ2) is 6.90. The van der Waals surface area contributed by atoms with Crippen molar-refractivity contribution in [1.29, 1.82) is 0 Å². The number of likely N-dealkylation sites (N-methyl/N-ethyl adjacent to an activating group) is 1. The number of rotatable bonds is 6. The van der Waals surface area contributed by atoms with Crippen molar-refractivity contribution in [1.82, 2.24) is 15.1 Å². The predicted octanol–water partition coefficient (Wildman–Crippen LogP) is 1.81. The monoisotopic (exact) mass is 283 g/mol. The molecule has 1 heterocycles. The van der Waals surface area contributed by atoms with Crippen LogP contribution in [0.15, 0.2) is 0 Å². The molecule has 118 valence electrons. The van der Waals surface area contributed by atoms with E-state index in [-0.39, 0.29) is 16.7 Å². The van der Waals surface area contributed by atoms with E-state index >= 15 is 0 Å². The third-order valence-corrected chi connectivity index (χ3v) is 4.33. The maximum atomic E-state index is 12.0. The van der Waals surface area contributed by atoms with Crippen molar-refractivity contribution < 1.29 is 4.79 Å². The lowest BCUT2D eigenvalue weighted by atomic mass is 9.74. The van der Waals surface area contributed by atoms with Gasteiger partial charge in [0.2, 0.25) is 5.91 Å². The second-order valence-corrected chi connectivity index (χ2v) is 7.51. The summed E-state index contributed by atoms with van der Waals surface area (Å²) in [4.78, 5) is 17.0. The van der Waals surface area contributed by atoms with Gasteiger partial charge < -0.3 is 15.1 Å². The minimum atomic E-state index is -0.302. The van der Waals surface area contributed by atoms with E-state index < -0.39 is 0 Å². The van der Waals surface area contributed by atoms with Crippen LogP contribution in [0.2, 0.25) is 0 Å². The number of carbonyl (C=O) groups excluding carboxylic acids is 1. The van der Waals surface area contributed by atoms with Crippen LogP contribution in [0.3, 0.4) is 0 Å². The van der Waals surface area contributed by atoms with E-state index in [9.17, 15) is 4.79 Å². The van der Waals surface area contributed by atoms with Gasteiger partial charge in [0.25, 0.3) is 0 Å². The molecule has 1 aliphatic heterocycles. The normalized spacial score (nSPS) is 19.1. The largest absolute Gasteiger partial charge is 0.359 e. The zero-order valence-electron chi connectivity index (χ0n) is 14.3. The minimum Gasteiger partial charge on any atom is -0.359 e. The summed E-state index contributed by atoms with van der Waals surface area (Å²) in [5, 5.41) is 2.79. The van der Waals surface area contributed by atoms with Crippen LogP contribution in [0.4, 0.5) is 0 Å². The van der Waals surface area contributed by atoms with Crippen LogP contribution >= 0.6 is 0 Å². The van der Waals surface area contributed by atoms with Crippen LogP contribution in [0.25, 0.3) is 0 Å². The zero-order valence-corrected chi connectivity index (χ0v) is 14.3. The number of amides is 1. The topological polar surface area (TPSA) is 35.6 Å². The van der Waals surface area contributed by atoms with Crippen LogP contribution < -0.4 is 5.32 Å². The van der Waals surface area contributed by atoms with Gasteiger partial charge in [0.1, 0.15) is 0 Å². The van der Waals surface area contributed by atoms with E-state index in [4.69, 9.17) is 0 Å². The van der Waals surface area contributed by atoms with E-state index in [0.29, 0.717) is 0 Å². The third kappa shape index (κ3) is 5.06. The molecule has 0 unspecified atom stereocenters. The standard InChI is InChI=1S/C16H33N3O/c1-7-18-8-10-19(11-9-18)13-15(2,3)12-16(4,5)14(20)17-6/h7-13H2,1-6H3,(H,17,20). The van der Waals surface area contributed by atoms with Crippen molar-refractivity contribution in [2.45, 2.75) is 41.0 Å². The van der Waals surface area contributed by atoms with Gasteiger partial charge in [-0.05, 0) is 18.4 Å². The Morgan fingerprint density at radius 2 is 1.55 bits per heavy atom. The van der Waals surface area contributed by atoms with Crippen molar-refractivity contribution in [3.63, 3.8) is 0 Å². The van der Waals surface area contributed by atoms with Gasteiger partial charge >= 0.3 is 0 Å². The first kappa shape index (κ1) is 17.4. The molecule has 1 saturated heterocycles. The van der Waals surface area contributed by atoms with Gasteiger partial charge in [0, 0.05) is 45.2 Å². The Kier molecular flexibility index (Phi) is 6.02. The average molecular weight is 283 g/mol. The summed E-state index contributed by atoms with van der Waals surface area (Å²) in [5.41, 5.74) is -0.145. The molecule has 0 spiro atoms. The van der Waals surface area contributed by atoms with Gasteiger partial charge in [0.05, 0.1) is 0 Å². The highest BCUT2D eigenvalue weighted by Crippen LogP contribution is 2.34. The van der Waals surface area contributed by atoms with Gasteiger partial charge in [-0.3, -0.25) is 4.79 Å². The Labute approximate surface area is 124 Å². The number of nitrogens with zero attached hydrogens (tertiary/aromatic N) is 2. The summed E-state index contributed by atoms with van der Waals surface area (Å²) >= 11 is 0. The highest BCUT2D eigenvalue weighted by molar-refractivity contribution is 5.81. The molecular weight excluding hydrogens is 250 g/mol. The summed E-state index contributed by atoms with van der Waals surface area (Å²) < 4.78 is 0. The quantitative estimate of drug-likeness (QED) is 0.807. The summed E-state index contributed by atoms with van der Waals surface area (Å²) in [5.74, 6) is 0.140. The molecule has 1 aliphatic rings. The van der Waals surface area contributed by atoms with Crippen molar-refractivity contribution >= 4 is 5.91 Å². The molecule has 4 nitrogen and oxygen atoms in total. The molecule has 0 bridgehead atoms. The second-order valence-electron chi connectivity index (χ2n) is 7.51. The van der Waals surface area contributed by atoms with Gasteiger partial charge in [-0.1, -0.05) is 34.6 Å². The average Bonchev–Trinajstić information content (AvgIpc) is 2.36. The van der Waals surface area contributed by atoms with E-state index in [1.165, 1.54) is 13.1 Å². The van der Waals surface area contributed by atoms with E-state index in [2.05, 4.69) is 35.9 Å². The lowest BCUT2D eigenvalue weighted by Gasteiger charge is -2.41. The molecular formula is C16H33N3O. The Hall–Kier alpha value is -0.610. The Bertz CT molecular complexity index is 318. The SMILES string of the molecule is CCN1CCN(CC(C)(C)CC(C)(C)C(=O)NC)CC1. The summed E-state index contributed by atoms with van der Waals surface area (Å²) in [7, 11) is 1.72. The fourth-order valence-corrected chi connectivity index (χ4v) is 3.54. The summed E-state index contributed by atoms with van der Waals surface area (Å²) in [6, 6.07) is 0. The summed E-state index contributed by atoms with van der Waals surface area (Å²) in [6.07, 6.45) is 0.910. The van der Waals surface area contributed by atoms with Crippen LogP contribution in [-0.2, 0) is 4.79 Å². The summed E-state index contributed by atoms with van der Waals surface area (Å²) in [6.45, 7) is 17.8. The lowest BCUT2D eigenvalue weighted by Crippen LogP contribution is -2.50. The molecule has 20 heavy (non-hydrogen) atoms. The molecule has 0 saturated carbocycles. The first-order chi connectivity index (χ1) is 9.20. The number of hydrogen-bond acceptors (Lipinski definition) is 3. The lowest BCUT2D eigenvalue weighted by molar-refractivity contribution is -0.130. The Morgan fingerprint density at radius 1 is 1.05 bits per heavy atom. The first-order valence-electron chi connectivity index (χ1n) is 7.87. The Morgan fingerprint density at radius 3 is 2.00 bits per heavy atom. The van der Waals surface area contributed by atoms with E-state index in [1.54, 1.807) is 7.05 Å². The van der Waals surface area contributed by atoms with Crippen LogP contribution in [0, 0.1) is 10.8 Å². The molecule has 1 amide bonds. The minimum absolute atomic E-state index is 0.140. The van der Waals surface area contributed by atoms with Gasteiger partial charge in [-0.15, -0.1) is 0 Å². The number of piperazine rings is 1. The number of carbonyl (C=O) groups is 1. The van der Waals surface area contributed by atoms with Gasteiger partial charge in [-0.25, -0.2) is 0 Å². The van der Waals surface area contributed by atoms with E-state index in [0.717, 1.165) is 32.6 Å². The van der Waals surface area contributed by atoms with Crippen LogP contribution in [0.1, 0.15) is 41.0 Å². The maximum Gasteiger partial charge on any atom is 0.225 e. The Balaban J connectivity index is 2.51. The molecule has 4 heteroatoms. The molecule has 0 aromatic heterocycles. The van der Waals surface area contributed by atoms with Crippen LogP contribution in [0.5, 0.6) is 0 Å². The fraction of sp³-hybridized carbons (Fsp3) is 0.938. The van der Waals surface area contributed by atoms with Crippen LogP contribution in [-0.4, -0.2) is 62.0 Å². The highest BCUT2D eigenvalue weighted by atomic mass is 16.2. The molecule has 0 aromatic rings. The molecule has 0 aromatic carbocycles. The zero-order chi connectivity index (χ0) is 15.4. The molecule has 0 atom stereocenters.